The van der Waals surface area contributed by atoms with Crippen molar-refractivity contribution in [2.45, 2.75) is 6.54 Å². The number of amides is 2. The number of hydrogen-bond acceptors (Lipinski definition) is 4. The van der Waals surface area contributed by atoms with Crippen LogP contribution in [0.3, 0.4) is 0 Å². The molecule has 9 heteroatoms. The summed E-state index contributed by atoms with van der Waals surface area (Å²) in [4.78, 5) is 24.0. The minimum absolute atomic E-state index is 0.217. The molecule has 0 aliphatic carbocycles. The second-order valence-electron chi connectivity index (χ2n) is 7.67. The van der Waals surface area contributed by atoms with Crippen LogP contribution < -0.4 is 15.5 Å². The molecule has 0 unspecified atom stereocenters. The number of benzene rings is 3. The number of fused-ring (bicyclic) bond motifs is 1. The minimum atomic E-state index is -0.453. The number of ether oxygens (including phenoxy) is 1. The highest BCUT2D eigenvalue weighted by Gasteiger charge is 2.09. The average molecular weight is 509 g/mol. The van der Waals surface area contributed by atoms with Gasteiger partial charge in [0.05, 0.1) is 12.8 Å². The molecule has 0 aliphatic heterocycles. The van der Waals surface area contributed by atoms with Crippen LogP contribution in [0.5, 0.6) is 5.75 Å². The molecule has 178 valence electrons. The third-order valence-electron chi connectivity index (χ3n) is 5.11. The Balaban J connectivity index is 1.30. The van der Waals surface area contributed by atoms with Crippen LogP contribution in [0.25, 0.3) is 10.9 Å². The van der Waals surface area contributed by atoms with Crippen molar-refractivity contribution in [1.82, 2.24) is 15.3 Å². The Morgan fingerprint density at radius 1 is 0.914 bits per heavy atom. The summed E-state index contributed by atoms with van der Waals surface area (Å²) in [5.74, 6) is -0.371. The molecule has 7 nitrogen and oxygen atoms in total. The number of nitrogens with one attached hydrogen (secondary N) is 2. The van der Waals surface area contributed by atoms with Crippen molar-refractivity contribution in [2.24, 2.45) is 5.10 Å². The fraction of sp³-hybridized carbons (Fsp3) is 0.115. The van der Waals surface area contributed by atoms with Gasteiger partial charge >= 0.3 is 0 Å². The zero-order valence-corrected chi connectivity index (χ0v) is 20.1. The molecule has 0 fully saturated rings. The fourth-order valence-electron chi connectivity index (χ4n) is 3.42. The monoisotopic (exact) mass is 508 g/mol. The van der Waals surface area contributed by atoms with Crippen LogP contribution in [0.1, 0.15) is 11.1 Å². The summed E-state index contributed by atoms with van der Waals surface area (Å²) in [6.45, 7) is 0.228. The Kier molecular flexibility index (Phi) is 8.03. The molecule has 0 bridgehead atoms. The van der Waals surface area contributed by atoms with Gasteiger partial charge in [0.2, 0.25) is 0 Å². The smallest absolute Gasteiger partial charge is 0.259 e. The van der Waals surface area contributed by atoms with Gasteiger partial charge in [-0.15, -0.1) is 0 Å². The van der Waals surface area contributed by atoms with Crippen molar-refractivity contribution in [1.29, 1.82) is 0 Å². The highest BCUT2D eigenvalue weighted by Crippen LogP contribution is 2.22. The van der Waals surface area contributed by atoms with E-state index in [1.165, 1.54) is 0 Å². The first-order valence-electron chi connectivity index (χ1n) is 10.8. The highest BCUT2D eigenvalue weighted by molar-refractivity contribution is 6.30. The van der Waals surface area contributed by atoms with Crippen LogP contribution in [-0.4, -0.2) is 35.7 Å². The zero-order chi connectivity index (χ0) is 24.6. The minimum Gasteiger partial charge on any atom is -0.484 e. The molecule has 3 aromatic carbocycles. The number of carbonyl (C=O) groups is 2. The number of para-hydroxylation sites is 1. The first kappa shape index (κ1) is 24.3. The van der Waals surface area contributed by atoms with Gasteiger partial charge in [-0.2, -0.15) is 5.10 Å². The summed E-state index contributed by atoms with van der Waals surface area (Å²) in [7, 11) is 0. The largest absolute Gasteiger partial charge is 0.484 e. The van der Waals surface area contributed by atoms with Crippen LogP contribution in [0, 0.1) is 0 Å². The van der Waals surface area contributed by atoms with E-state index in [4.69, 9.17) is 27.9 Å². The van der Waals surface area contributed by atoms with E-state index in [1.807, 2.05) is 54.7 Å². The predicted molar refractivity (Wildman–Crippen MR) is 138 cm³/mol. The number of hydrogen-bond donors (Lipinski definition) is 2. The molecule has 0 saturated carbocycles. The van der Waals surface area contributed by atoms with Gasteiger partial charge in [0, 0.05) is 39.3 Å². The Morgan fingerprint density at radius 2 is 1.60 bits per heavy atom. The van der Waals surface area contributed by atoms with E-state index >= 15 is 0 Å². The molecule has 0 aliphatic rings. The zero-order valence-electron chi connectivity index (χ0n) is 18.6. The quantitative estimate of drug-likeness (QED) is 0.255. The molecular weight excluding hydrogens is 487 g/mol. The van der Waals surface area contributed by atoms with E-state index < -0.39 is 11.8 Å². The number of halogens is 2. The normalized spacial score (nSPS) is 11.0. The third-order valence-corrected chi connectivity index (χ3v) is 5.61. The standard InChI is InChI=1S/C26H22Cl2N4O3/c27-20-7-5-18(6-8-20)15-32-16-19(23-3-1-2-4-24(23)32)13-30-31-25(33)14-29-26(34)17-35-22-11-9-21(28)10-12-22/h1-13,16H,14-15,17H2,(H,29,34)(H,31,33). The van der Waals surface area contributed by atoms with Crippen molar-refractivity contribution in [3.63, 3.8) is 0 Å². The van der Waals surface area contributed by atoms with Gasteiger partial charge in [-0.1, -0.05) is 53.5 Å². The second kappa shape index (κ2) is 11.6. The van der Waals surface area contributed by atoms with E-state index in [0.29, 0.717) is 22.3 Å². The molecule has 0 saturated heterocycles. The molecule has 2 amide bonds. The lowest BCUT2D eigenvalue weighted by Gasteiger charge is -2.06. The van der Waals surface area contributed by atoms with Gasteiger partial charge in [0.1, 0.15) is 5.75 Å². The molecule has 35 heavy (non-hydrogen) atoms. The Hall–Kier alpha value is -3.81. The van der Waals surface area contributed by atoms with Crippen molar-refractivity contribution in [2.75, 3.05) is 13.2 Å². The maximum atomic E-state index is 12.1. The molecular formula is C26H22Cl2N4O3. The van der Waals surface area contributed by atoms with Gasteiger partial charge in [0.15, 0.2) is 6.61 Å². The second-order valence-corrected chi connectivity index (χ2v) is 8.54. The van der Waals surface area contributed by atoms with Crippen molar-refractivity contribution in [3.05, 3.63) is 100 Å². The topological polar surface area (TPSA) is 84.7 Å². The van der Waals surface area contributed by atoms with E-state index in [1.54, 1.807) is 30.5 Å². The molecule has 1 aromatic heterocycles. The fourth-order valence-corrected chi connectivity index (χ4v) is 3.67. The molecule has 0 spiro atoms. The van der Waals surface area contributed by atoms with Crippen LogP contribution in [0.2, 0.25) is 10.0 Å². The van der Waals surface area contributed by atoms with Gasteiger partial charge in [-0.25, -0.2) is 5.43 Å². The van der Waals surface area contributed by atoms with E-state index in [2.05, 4.69) is 20.4 Å². The van der Waals surface area contributed by atoms with E-state index in [9.17, 15) is 9.59 Å². The SMILES string of the molecule is O=C(COc1ccc(Cl)cc1)NCC(=O)NN=Cc1cn(Cc2ccc(Cl)cc2)c2ccccc12. The van der Waals surface area contributed by atoms with Crippen LogP contribution in [-0.2, 0) is 16.1 Å². The van der Waals surface area contributed by atoms with Crippen LogP contribution in [0.15, 0.2) is 84.1 Å². The number of aromatic nitrogens is 1. The summed E-state index contributed by atoms with van der Waals surface area (Å²) in [5, 5.41) is 8.82. The average Bonchev–Trinajstić information content (AvgIpc) is 3.21. The van der Waals surface area contributed by atoms with Crippen LogP contribution >= 0.6 is 23.2 Å². The van der Waals surface area contributed by atoms with Crippen molar-refractivity contribution in [3.8, 4) is 5.75 Å². The summed E-state index contributed by atoms with van der Waals surface area (Å²) < 4.78 is 7.46. The molecule has 4 rings (SSSR count). The number of rotatable bonds is 9. The lowest BCUT2D eigenvalue weighted by Crippen LogP contribution is -2.37. The van der Waals surface area contributed by atoms with Crippen molar-refractivity contribution >= 4 is 52.1 Å². The maximum Gasteiger partial charge on any atom is 0.259 e. The van der Waals surface area contributed by atoms with Gasteiger partial charge < -0.3 is 14.6 Å². The molecule has 4 aromatic rings. The number of nitrogens with zero attached hydrogens (tertiary/aromatic N) is 2. The van der Waals surface area contributed by atoms with Gasteiger partial charge in [0.25, 0.3) is 11.8 Å². The molecule has 2 N–H and O–H groups in total. The lowest BCUT2D eigenvalue weighted by molar-refractivity contribution is -0.127. The molecule has 0 atom stereocenters. The van der Waals surface area contributed by atoms with Gasteiger partial charge in [-0.05, 0) is 48.0 Å². The molecule has 0 radical (unpaired) electrons. The summed E-state index contributed by atoms with van der Waals surface area (Å²) in [5.41, 5.74) is 5.45. The summed E-state index contributed by atoms with van der Waals surface area (Å²) in [6, 6.07) is 22.3. The first-order chi connectivity index (χ1) is 17.0. The Labute approximate surface area is 212 Å². The summed E-state index contributed by atoms with van der Waals surface area (Å²) >= 11 is 11.8. The maximum absolute atomic E-state index is 12.1. The number of carbonyl (C=O) groups excluding carboxylic acids is 2. The molecule has 1 heterocycles. The highest BCUT2D eigenvalue weighted by atomic mass is 35.5. The van der Waals surface area contributed by atoms with Crippen molar-refractivity contribution < 1.29 is 14.3 Å². The van der Waals surface area contributed by atoms with Crippen LogP contribution in [0.4, 0.5) is 0 Å². The Morgan fingerprint density at radius 3 is 2.34 bits per heavy atom. The number of hydrazone groups is 1. The summed E-state index contributed by atoms with van der Waals surface area (Å²) in [6.07, 6.45) is 3.56. The van der Waals surface area contributed by atoms with E-state index in [-0.39, 0.29) is 13.2 Å². The third kappa shape index (κ3) is 6.85. The van der Waals surface area contributed by atoms with Gasteiger partial charge in [-0.3, -0.25) is 9.59 Å². The van der Waals surface area contributed by atoms with E-state index in [0.717, 1.165) is 22.0 Å². The first-order valence-corrected chi connectivity index (χ1v) is 11.5. The Bertz CT molecular complexity index is 1350. The lowest BCUT2D eigenvalue weighted by atomic mass is 10.2. The predicted octanol–water partition coefficient (Wildman–Crippen LogP) is 4.64.